The maximum Gasteiger partial charge on any atom is 0.191 e. The molecule has 136 valence electrons. The van der Waals surface area contributed by atoms with E-state index in [1.165, 1.54) is 6.26 Å². The zero-order valence-corrected chi connectivity index (χ0v) is 16.1. The summed E-state index contributed by atoms with van der Waals surface area (Å²) in [4.78, 5) is 8.60. The van der Waals surface area contributed by atoms with Crippen LogP contribution in [0.1, 0.15) is 30.2 Å². The van der Waals surface area contributed by atoms with E-state index in [0.29, 0.717) is 18.9 Å². The molecule has 1 aromatic rings. The summed E-state index contributed by atoms with van der Waals surface area (Å²) in [5.41, 5.74) is 2.87. The minimum atomic E-state index is -2.96. The number of nitrogens with one attached hydrogen (secondary N) is 2. The molecule has 0 aliphatic rings. The molecule has 0 spiro atoms. The molecule has 0 bridgehead atoms. The van der Waals surface area contributed by atoms with Gasteiger partial charge in [-0.25, -0.2) is 8.42 Å². The van der Waals surface area contributed by atoms with Crippen molar-refractivity contribution in [2.24, 2.45) is 4.99 Å². The van der Waals surface area contributed by atoms with Gasteiger partial charge in [0.1, 0.15) is 15.6 Å². The van der Waals surface area contributed by atoms with Crippen molar-refractivity contribution in [2.45, 2.75) is 39.8 Å². The van der Waals surface area contributed by atoms with Crippen LogP contribution < -0.4 is 15.4 Å². The zero-order valence-electron chi connectivity index (χ0n) is 15.3. The van der Waals surface area contributed by atoms with E-state index in [1.807, 2.05) is 20.8 Å². The molecule has 0 radical (unpaired) electrons. The van der Waals surface area contributed by atoms with Crippen LogP contribution in [0.15, 0.2) is 11.2 Å². The first-order chi connectivity index (χ1) is 11.2. The molecule has 1 unspecified atom stereocenters. The number of aryl methyl sites for hydroxylation is 1. The number of sulfone groups is 1. The molecule has 1 atom stereocenters. The van der Waals surface area contributed by atoms with Gasteiger partial charge in [-0.1, -0.05) is 0 Å². The van der Waals surface area contributed by atoms with Crippen LogP contribution in [0.4, 0.5) is 0 Å². The van der Waals surface area contributed by atoms with Crippen LogP contribution in [0.2, 0.25) is 0 Å². The van der Waals surface area contributed by atoms with Gasteiger partial charge in [-0.2, -0.15) is 0 Å². The van der Waals surface area contributed by atoms with E-state index in [0.717, 1.165) is 22.6 Å². The van der Waals surface area contributed by atoms with Crippen molar-refractivity contribution in [3.05, 3.63) is 23.0 Å². The molecule has 1 heterocycles. The van der Waals surface area contributed by atoms with Crippen LogP contribution in [-0.2, 0) is 16.4 Å². The topological polar surface area (TPSA) is 92.7 Å². The molecule has 0 fully saturated rings. The highest BCUT2D eigenvalue weighted by molar-refractivity contribution is 7.90. The van der Waals surface area contributed by atoms with E-state index in [4.69, 9.17) is 4.74 Å². The SMILES string of the molecule is CN=C(NCc1ncc(C)c(OC)c1C)NC(C)CCS(C)(=O)=O. The fourth-order valence-corrected chi connectivity index (χ4v) is 3.09. The number of ether oxygens (including phenoxy) is 1. The smallest absolute Gasteiger partial charge is 0.191 e. The van der Waals surface area contributed by atoms with Crippen molar-refractivity contribution in [3.63, 3.8) is 0 Å². The van der Waals surface area contributed by atoms with Gasteiger partial charge < -0.3 is 15.4 Å². The third-order valence-electron chi connectivity index (χ3n) is 3.70. The third kappa shape index (κ3) is 6.35. The quantitative estimate of drug-likeness (QED) is 0.563. The Morgan fingerprint density at radius 3 is 2.62 bits per heavy atom. The lowest BCUT2D eigenvalue weighted by Crippen LogP contribution is -2.42. The fraction of sp³-hybridized carbons (Fsp3) is 0.625. The number of aromatic nitrogens is 1. The number of rotatable bonds is 7. The number of methoxy groups -OCH3 is 1. The van der Waals surface area contributed by atoms with Crippen molar-refractivity contribution in [1.82, 2.24) is 15.6 Å². The number of hydrogen-bond donors (Lipinski definition) is 2. The maximum atomic E-state index is 11.2. The average Bonchev–Trinajstić information content (AvgIpc) is 2.50. The fourth-order valence-electron chi connectivity index (χ4n) is 2.31. The predicted octanol–water partition coefficient (Wildman–Crippen LogP) is 1.20. The highest BCUT2D eigenvalue weighted by Crippen LogP contribution is 2.23. The number of nitrogens with zero attached hydrogens (tertiary/aromatic N) is 2. The first-order valence-corrected chi connectivity index (χ1v) is 9.88. The van der Waals surface area contributed by atoms with Crippen LogP contribution in [0.5, 0.6) is 5.75 Å². The van der Waals surface area contributed by atoms with Crippen LogP contribution >= 0.6 is 0 Å². The molecule has 0 saturated heterocycles. The van der Waals surface area contributed by atoms with E-state index in [2.05, 4.69) is 20.6 Å². The molecule has 8 heteroatoms. The van der Waals surface area contributed by atoms with Crippen LogP contribution in [0.3, 0.4) is 0 Å². The summed E-state index contributed by atoms with van der Waals surface area (Å²) in [5.74, 6) is 1.59. The summed E-state index contributed by atoms with van der Waals surface area (Å²) in [6.07, 6.45) is 3.55. The van der Waals surface area contributed by atoms with E-state index >= 15 is 0 Å². The van der Waals surface area contributed by atoms with Crippen LogP contribution in [-0.4, -0.2) is 51.6 Å². The summed E-state index contributed by atoms with van der Waals surface area (Å²) >= 11 is 0. The highest BCUT2D eigenvalue weighted by atomic mass is 32.2. The van der Waals surface area contributed by atoms with Gasteiger partial charge in [0.25, 0.3) is 0 Å². The summed E-state index contributed by atoms with van der Waals surface area (Å²) < 4.78 is 27.9. The number of hydrogen-bond acceptors (Lipinski definition) is 5. The molecule has 24 heavy (non-hydrogen) atoms. The summed E-state index contributed by atoms with van der Waals surface area (Å²) in [7, 11) is 0.366. The molecule has 2 N–H and O–H groups in total. The van der Waals surface area contributed by atoms with Crippen molar-refractivity contribution >= 4 is 15.8 Å². The number of pyridine rings is 1. The summed E-state index contributed by atoms with van der Waals surface area (Å²) in [5, 5.41) is 6.38. The highest BCUT2D eigenvalue weighted by Gasteiger charge is 2.12. The second kappa shape index (κ2) is 8.86. The minimum Gasteiger partial charge on any atom is -0.496 e. The molecule has 0 aliphatic carbocycles. The van der Waals surface area contributed by atoms with E-state index in [-0.39, 0.29) is 11.8 Å². The molecule has 1 rings (SSSR count). The summed E-state index contributed by atoms with van der Waals surface area (Å²) in [6.45, 7) is 6.36. The van der Waals surface area contributed by atoms with E-state index in [9.17, 15) is 8.42 Å². The molecular weight excluding hydrogens is 328 g/mol. The molecular formula is C16H28N4O3S. The molecule has 0 amide bonds. The first kappa shape index (κ1) is 20.2. The van der Waals surface area contributed by atoms with E-state index in [1.54, 1.807) is 20.4 Å². The molecule has 0 aliphatic heterocycles. The Balaban J connectivity index is 2.65. The van der Waals surface area contributed by atoms with Gasteiger partial charge in [0, 0.05) is 36.7 Å². The Labute approximate surface area is 144 Å². The van der Waals surface area contributed by atoms with Gasteiger partial charge >= 0.3 is 0 Å². The van der Waals surface area contributed by atoms with E-state index < -0.39 is 9.84 Å². The monoisotopic (exact) mass is 356 g/mol. The van der Waals surface area contributed by atoms with Crippen LogP contribution in [0, 0.1) is 13.8 Å². The lowest BCUT2D eigenvalue weighted by Gasteiger charge is -2.18. The molecule has 0 saturated carbocycles. The second-order valence-corrected chi connectivity index (χ2v) is 8.20. The largest absolute Gasteiger partial charge is 0.496 e. The Kier molecular flexibility index (Phi) is 7.47. The van der Waals surface area contributed by atoms with Crippen molar-refractivity contribution in [1.29, 1.82) is 0 Å². The van der Waals surface area contributed by atoms with Crippen LogP contribution in [0.25, 0.3) is 0 Å². The normalized spacial score (nSPS) is 13.5. The molecule has 7 nitrogen and oxygen atoms in total. The van der Waals surface area contributed by atoms with Gasteiger partial charge in [0.05, 0.1) is 25.1 Å². The van der Waals surface area contributed by atoms with Crippen molar-refractivity contribution < 1.29 is 13.2 Å². The lowest BCUT2D eigenvalue weighted by molar-refractivity contribution is 0.406. The number of aliphatic imine (C=N–C) groups is 1. The van der Waals surface area contributed by atoms with Gasteiger partial charge in [-0.15, -0.1) is 0 Å². The maximum absolute atomic E-state index is 11.2. The first-order valence-electron chi connectivity index (χ1n) is 7.82. The molecule has 0 aromatic carbocycles. The second-order valence-electron chi connectivity index (χ2n) is 5.94. The van der Waals surface area contributed by atoms with Gasteiger partial charge in [-0.3, -0.25) is 9.98 Å². The van der Waals surface area contributed by atoms with Crippen molar-refractivity contribution in [3.8, 4) is 5.75 Å². The van der Waals surface area contributed by atoms with Gasteiger partial charge in [0.15, 0.2) is 5.96 Å². The average molecular weight is 356 g/mol. The Bertz CT molecular complexity index is 687. The third-order valence-corrected chi connectivity index (χ3v) is 4.68. The van der Waals surface area contributed by atoms with Crippen molar-refractivity contribution in [2.75, 3.05) is 26.2 Å². The minimum absolute atomic E-state index is 0.00691. The number of guanidine groups is 1. The lowest BCUT2D eigenvalue weighted by atomic mass is 10.1. The van der Waals surface area contributed by atoms with Gasteiger partial charge in [0.2, 0.25) is 0 Å². The Hall–Kier alpha value is -1.83. The standard InChI is InChI=1S/C16H28N4O3S/c1-11-9-18-14(13(3)15(11)23-5)10-19-16(17-4)20-12(2)7-8-24(6,21)22/h9,12H,7-8,10H2,1-6H3,(H2,17,19,20). The molecule has 1 aromatic heterocycles. The Morgan fingerprint density at radius 1 is 1.42 bits per heavy atom. The summed E-state index contributed by atoms with van der Waals surface area (Å²) in [6, 6.07) is -0.00691. The zero-order chi connectivity index (χ0) is 18.3. The Morgan fingerprint density at radius 2 is 2.08 bits per heavy atom. The van der Waals surface area contributed by atoms with Gasteiger partial charge in [-0.05, 0) is 27.2 Å². The predicted molar refractivity (Wildman–Crippen MR) is 97.4 cm³/mol.